The van der Waals surface area contributed by atoms with Crippen LogP contribution >= 0.6 is 0 Å². The summed E-state index contributed by atoms with van der Waals surface area (Å²) < 4.78 is 5.58. The number of likely N-dealkylation sites (tertiary alicyclic amines) is 1. The van der Waals surface area contributed by atoms with E-state index in [-0.39, 0.29) is 6.10 Å². The number of hydrogen-bond donors (Lipinski definition) is 2. The van der Waals surface area contributed by atoms with Gasteiger partial charge in [0.25, 0.3) is 0 Å². The predicted molar refractivity (Wildman–Crippen MR) is 65.9 cm³/mol. The summed E-state index contributed by atoms with van der Waals surface area (Å²) in [5, 5.41) is 19.5. The molecular weight excluding hydrogens is 218 g/mol. The molecule has 0 spiro atoms. The number of aliphatic hydroxyl groups excluding tert-OH is 2. The summed E-state index contributed by atoms with van der Waals surface area (Å²) in [5.74, 6) is 0. The van der Waals surface area contributed by atoms with Crippen molar-refractivity contribution in [2.45, 2.75) is 56.8 Å². The largest absolute Gasteiger partial charge is 0.390 e. The monoisotopic (exact) mass is 243 g/mol. The fourth-order valence-corrected chi connectivity index (χ4v) is 2.77. The van der Waals surface area contributed by atoms with Crippen LogP contribution in [0.4, 0.5) is 0 Å². The third-order valence-corrected chi connectivity index (χ3v) is 3.91. The summed E-state index contributed by atoms with van der Waals surface area (Å²) in [6.45, 7) is 3.53. The third-order valence-electron chi connectivity index (χ3n) is 3.91. The van der Waals surface area contributed by atoms with Gasteiger partial charge in [0, 0.05) is 13.2 Å². The predicted octanol–water partition coefficient (Wildman–Crippen LogP) is 0.763. The van der Waals surface area contributed by atoms with E-state index in [2.05, 4.69) is 4.90 Å². The standard InChI is InChI=1S/C13H25NO3/c15-11-6-9-17-12(13(11)16)10-14-7-4-2-1-3-5-8-14/h11-13,15-16H,1-10H2. The molecule has 2 rings (SSSR count). The van der Waals surface area contributed by atoms with Crippen molar-refractivity contribution in [1.82, 2.24) is 4.90 Å². The molecule has 0 aromatic carbocycles. The summed E-state index contributed by atoms with van der Waals surface area (Å²) in [6.07, 6.45) is 5.49. The average molecular weight is 243 g/mol. The molecule has 0 bridgehead atoms. The van der Waals surface area contributed by atoms with Crippen LogP contribution < -0.4 is 0 Å². The van der Waals surface area contributed by atoms with Crippen LogP contribution in [-0.4, -0.2) is 59.7 Å². The molecule has 4 nitrogen and oxygen atoms in total. The second-order valence-corrected chi connectivity index (χ2v) is 5.32. The fourth-order valence-electron chi connectivity index (χ4n) is 2.77. The van der Waals surface area contributed by atoms with Gasteiger partial charge in [0.15, 0.2) is 0 Å². The van der Waals surface area contributed by atoms with Gasteiger partial charge in [0.05, 0.1) is 12.2 Å². The molecule has 2 saturated heterocycles. The van der Waals surface area contributed by atoms with Crippen molar-refractivity contribution < 1.29 is 14.9 Å². The Morgan fingerprint density at radius 1 is 1.00 bits per heavy atom. The van der Waals surface area contributed by atoms with Crippen LogP contribution in [0, 0.1) is 0 Å². The minimum absolute atomic E-state index is 0.210. The van der Waals surface area contributed by atoms with Crippen molar-refractivity contribution in [2.75, 3.05) is 26.2 Å². The highest BCUT2D eigenvalue weighted by Gasteiger charge is 2.32. The van der Waals surface area contributed by atoms with Crippen LogP contribution in [0.25, 0.3) is 0 Å². The summed E-state index contributed by atoms with van der Waals surface area (Å²) in [5.41, 5.74) is 0. The van der Waals surface area contributed by atoms with Crippen molar-refractivity contribution in [3.63, 3.8) is 0 Å². The van der Waals surface area contributed by atoms with Crippen LogP contribution in [0.3, 0.4) is 0 Å². The Kier molecular flexibility index (Phi) is 5.22. The number of nitrogens with zero attached hydrogens (tertiary/aromatic N) is 1. The highest BCUT2D eigenvalue weighted by molar-refractivity contribution is 4.83. The number of hydrogen-bond acceptors (Lipinski definition) is 4. The topological polar surface area (TPSA) is 52.9 Å². The average Bonchev–Trinajstić information content (AvgIpc) is 2.28. The summed E-state index contributed by atoms with van der Waals surface area (Å²) in [7, 11) is 0. The summed E-state index contributed by atoms with van der Waals surface area (Å²) in [4.78, 5) is 2.38. The molecule has 0 amide bonds. The normalized spacial score (nSPS) is 37.4. The minimum Gasteiger partial charge on any atom is -0.390 e. The smallest absolute Gasteiger partial charge is 0.107 e. The molecule has 2 heterocycles. The molecule has 0 saturated carbocycles. The lowest BCUT2D eigenvalue weighted by atomic mass is 10.0. The zero-order valence-electron chi connectivity index (χ0n) is 10.6. The zero-order valence-corrected chi connectivity index (χ0v) is 10.6. The maximum Gasteiger partial charge on any atom is 0.107 e. The molecule has 4 heteroatoms. The molecule has 0 aliphatic carbocycles. The van der Waals surface area contributed by atoms with Gasteiger partial charge in [0.2, 0.25) is 0 Å². The Morgan fingerprint density at radius 3 is 2.35 bits per heavy atom. The number of aliphatic hydroxyl groups is 2. The second kappa shape index (κ2) is 6.69. The van der Waals surface area contributed by atoms with Crippen LogP contribution in [-0.2, 0) is 4.74 Å². The quantitative estimate of drug-likeness (QED) is 0.752. The highest BCUT2D eigenvalue weighted by Crippen LogP contribution is 2.18. The van der Waals surface area contributed by atoms with Crippen molar-refractivity contribution in [1.29, 1.82) is 0 Å². The van der Waals surface area contributed by atoms with E-state index >= 15 is 0 Å². The van der Waals surface area contributed by atoms with Gasteiger partial charge in [-0.05, 0) is 32.4 Å². The molecule has 100 valence electrons. The molecule has 3 atom stereocenters. The van der Waals surface area contributed by atoms with Crippen LogP contribution in [0.5, 0.6) is 0 Å². The van der Waals surface area contributed by atoms with E-state index in [0.29, 0.717) is 13.0 Å². The first kappa shape index (κ1) is 13.3. The Labute approximate surface area is 104 Å². The fraction of sp³-hybridized carbons (Fsp3) is 1.00. The van der Waals surface area contributed by atoms with Crippen LogP contribution in [0.15, 0.2) is 0 Å². The first-order chi connectivity index (χ1) is 8.27. The van der Waals surface area contributed by atoms with Crippen molar-refractivity contribution >= 4 is 0 Å². The minimum atomic E-state index is -0.714. The van der Waals surface area contributed by atoms with E-state index in [1.807, 2.05) is 0 Å². The summed E-state index contributed by atoms with van der Waals surface area (Å²) in [6, 6.07) is 0. The Morgan fingerprint density at radius 2 is 1.65 bits per heavy atom. The van der Waals surface area contributed by atoms with Crippen molar-refractivity contribution in [3.05, 3.63) is 0 Å². The Bertz CT molecular complexity index is 217. The van der Waals surface area contributed by atoms with Gasteiger partial charge < -0.3 is 19.8 Å². The van der Waals surface area contributed by atoms with Gasteiger partial charge in [-0.3, -0.25) is 0 Å². The van der Waals surface area contributed by atoms with Gasteiger partial charge in [-0.1, -0.05) is 19.3 Å². The lowest BCUT2D eigenvalue weighted by Gasteiger charge is -2.36. The van der Waals surface area contributed by atoms with Gasteiger partial charge >= 0.3 is 0 Å². The molecule has 2 N–H and O–H groups in total. The van der Waals surface area contributed by atoms with Gasteiger partial charge in [-0.15, -0.1) is 0 Å². The maximum absolute atomic E-state index is 9.89. The van der Waals surface area contributed by atoms with E-state index in [1.165, 1.54) is 32.1 Å². The van der Waals surface area contributed by atoms with Crippen molar-refractivity contribution in [2.24, 2.45) is 0 Å². The molecule has 2 fully saturated rings. The first-order valence-corrected chi connectivity index (χ1v) is 6.97. The summed E-state index contributed by atoms with van der Waals surface area (Å²) >= 11 is 0. The number of ether oxygens (including phenoxy) is 1. The molecule has 0 aromatic heterocycles. The van der Waals surface area contributed by atoms with Gasteiger partial charge in [-0.25, -0.2) is 0 Å². The molecule has 0 aromatic rings. The van der Waals surface area contributed by atoms with E-state index in [9.17, 15) is 10.2 Å². The SMILES string of the molecule is OC1CCOC(CN2CCCCCCC2)C1O. The Hall–Kier alpha value is -0.160. The lowest BCUT2D eigenvalue weighted by Crippen LogP contribution is -2.50. The van der Waals surface area contributed by atoms with Gasteiger partial charge in [0.1, 0.15) is 6.10 Å². The molecule has 3 unspecified atom stereocenters. The lowest BCUT2D eigenvalue weighted by molar-refractivity contribution is -0.141. The first-order valence-electron chi connectivity index (χ1n) is 6.97. The number of rotatable bonds is 2. The Balaban J connectivity index is 1.81. The molecule has 2 aliphatic heterocycles. The van der Waals surface area contributed by atoms with E-state index in [4.69, 9.17) is 4.74 Å². The molecule has 17 heavy (non-hydrogen) atoms. The molecule has 0 radical (unpaired) electrons. The second-order valence-electron chi connectivity index (χ2n) is 5.32. The van der Waals surface area contributed by atoms with Crippen LogP contribution in [0.1, 0.15) is 38.5 Å². The maximum atomic E-state index is 9.89. The third kappa shape index (κ3) is 3.91. The van der Waals surface area contributed by atoms with Crippen LogP contribution in [0.2, 0.25) is 0 Å². The molecular formula is C13H25NO3. The highest BCUT2D eigenvalue weighted by atomic mass is 16.5. The van der Waals surface area contributed by atoms with Crippen molar-refractivity contribution in [3.8, 4) is 0 Å². The molecule has 2 aliphatic rings. The zero-order chi connectivity index (χ0) is 12.1. The van der Waals surface area contributed by atoms with Gasteiger partial charge in [-0.2, -0.15) is 0 Å². The van der Waals surface area contributed by atoms with E-state index < -0.39 is 12.2 Å². The van der Waals surface area contributed by atoms with E-state index in [1.54, 1.807) is 0 Å². The van der Waals surface area contributed by atoms with E-state index in [0.717, 1.165) is 19.6 Å².